The van der Waals surface area contributed by atoms with E-state index in [9.17, 15) is 9.59 Å². The van der Waals surface area contributed by atoms with Crippen LogP contribution in [0.3, 0.4) is 0 Å². The van der Waals surface area contributed by atoms with E-state index < -0.39 is 11.6 Å². The van der Waals surface area contributed by atoms with Crippen LogP contribution in [-0.4, -0.2) is 23.4 Å². The van der Waals surface area contributed by atoms with Gasteiger partial charge in [0.05, 0.1) is 0 Å². The zero-order valence-corrected chi connectivity index (χ0v) is 12.1. The SMILES string of the molecule is CC1C(=O)NC(C)(C)C(=O)N1c1cccc(Br)c1. The summed E-state index contributed by atoms with van der Waals surface area (Å²) in [6.45, 7) is 5.15. The van der Waals surface area contributed by atoms with Gasteiger partial charge in [0.15, 0.2) is 0 Å². The van der Waals surface area contributed by atoms with Crippen LogP contribution in [0.15, 0.2) is 28.7 Å². The molecule has 1 unspecified atom stereocenters. The lowest BCUT2D eigenvalue weighted by atomic mass is 9.96. The van der Waals surface area contributed by atoms with Crippen molar-refractivity contribution in [3.63, 3.8) is 0 Å². The molecule has 2 amide bonds. The van der Waals surface area contributed by atoms with Gasteiger partial charge in [0.2, 0.25) is 5.91 Å². The van der Waals surface area contributed by atoms with Gasteiger partial charge in [0.25, 0.3) is 5.91 Å². The fourth-order valence-electron chi connectivity index (χ4n) is 2.03. The lowest BCUT2D eigenvalue weighted by Gasteiger charge is -2.41. The van der Waals surface area contributed by atoms with Crippen molar-refractivity contribution in [3.05, 3.63) is 28.7 Å². The number of amides is 2. The Bertz CT molecular complexity index is 513. The number of nitrogens with zero attached hydrogens (tertiary/aromatic N) is 1. The third-order valence-electron chi connectivity index (χ3n) is 3.04. The number of piperazine rings is 1. The van der Waals surface area contributed by atoms with Crippen LogP contribution in [0.2, 0.25) is 0 Å². The molecular formula is C13H15BrN2O2. The molecule has 1 heterocycles. The summed E-state index contributed by atoms with van der Waals surface area (Å²) in [4.78, 5) is 25.9. The monoisotopic (exact) mass is 310 g/mol. The summed E-state index contributed by atoms with van der Waals surface area (Å²) in [5.41, 5.74) is -0.142. The Labute approximate surface area is 114 Å². The lowest BCUT2D eigenvalue weighted by Crippen LogP contribution is -2.67. The van der Waals surface area contributed by atoms with Gasteiger partial charge in [0.1, 0.15) is 11.6 Å². The summed E-state index contributed by atoms with van der Waals surface area (Å²) in [6.07, 6.45) is 0. The molecule has 0 aliphatic carbocycles. The predicted molar refractivity (Wildman–Crippen MR) is 73.3 cm³/mol. The number of rotatable bonds is 1. The van der Waals surface area contributed by atoms with Crippen LogP contribution in [-0.2, 0) is 9.59 Å². The number of carbonyl (C=O) groups excluding carboxylic acids is 2. The van der Waals surface area contributed by atoms with Crippen LogP contribution < -0.4 is 10.2 Å². The second kappa shape index (κ2) is 4.39. The maximum atomic E-state index is 12.4. The first-order chi connectivity index (χ1) is 8.33. The number of hydrogen-bond donors (Lipinski definition) is 1. The van der Waals surface area contributed by atoms with Crippen LogP contribution in [0.25, 0.3) is 0 Å². The third kappa shape index (κ3) is 2.14. The minimum atomic E-state index is -0.869. The van der Waals surface area contributed by atoms with E-state index in [4.69, 9.17) is 0 Å². The van der Waals surface area contributed by atoms with Crippen LogP contribution in [0.1, 0.15) is 20.8 Å². The van der Waals surface area contributed by atoms with Crippen molar-refractivity contribution in [3.8, 4) is 0 Å². The predicted octanol–water partition coefficient (Wildman–Crippen LogP) is 2.08. The lowest BCUT2D eigenvalue weighted by molar-refractivity contribution is -0.136. The first kappa shape index (κ1) is 13.1. The molecule has 1 atom stereocenters. The molecule has 1 aromatic rings. The molecule has 4 nitrogen and oxygen atoms in total. The Balaban J connectivity index is 2.46. The number of nitrogens with one attached hydrogen (secondary N) is 1. The van der Waals surface area contributed by atoms with Crippen molar-refractivity contribution in [2.24, 2.45) is 0 Å². The van der Waals surface area contributed by atoms with E-state index in [-0.39, 0.29) is 11.8 Å². The summed E-state index contributed by atoms with van der Waals surface area (Å²) < 4.78 is 0.879. The molecule has 1 aliphatic heterocycles. The molecule has 0 bridgehead atoms. The molecule has 0 radical (unpaired) electrons. The second-order valence-electron chi connectivity index (χ2n) is 4.95. The summed E-state index contributed by atoms with van der Waals surface area (Å²) in [5.74, 6) is -0.243. The Morgan fingerprint density at radius 2 is 2.00 bits per heavy atom. The van der Waals surface area contributed by atoms with Crippen molar-refractivity contribution >= 4 is 33.4 Å². The highest BCUT2D eigenvalue weighted by Gasteiger charge is 2.43. The first-order valence-corrected chi connectivity index (χ1v) is 6.53. The molecule has 1 aromatic carbocycles. The molecule has 0 spiro atoms. The molecule has 0 aromatic heterocycles. The van der Waals surface area contributed by atoms with Crippen molar-refractivity contribution in [1.29, 1.82) is 0 Å². The summed E-state index contributed by atoms with van der Waals surface area (Å²) in [6, 6.07) is 6.89. The topological polar surface area (TPSA) is 49.4 Å². The van der Waals surface area contributed by atoms with Crippen molar-refractivity contribution in [1.82, 2.24) is 5.32 Å². The standard InChI is InChI=1S/C13H15BrN2O2/c1-8-11(17)15-13(2,3)12(18)16(8)10-6-4-5-9(14)7-10/h4-8H,1-3H3,(H,15,17). The van der Waals surface area contributed by atoms with E-state index in [1.807, 2.05) is 24.3 Å². The van der Waals surface area contributed by atoms with Gasteiger partial charge in [-0.25, -0.2) is 0 Å². The molecule has 1 aliphatic rings. The molecule has 18 heavy (non-hydrogen) atoms. The highest BCUT2D eigenvalue weighted by molar-refractivity contribution is 9.10. The van der Waals surface area contributed by atoms with Gasteiger partial charge < -0.3 is 5.32 Å². The molecule has 5 heteroatoms. The van der Waals surface area contributed by atoms with Gasteiger partial charge in [-0.3, -0.25) is 14.5 Å². The number of anilines is 1. The van der Waals surface area contributed by atoms with Crippen LogP contribution in [0, 0.1) is 0 Å². The normalized spacial score (nSPS) is 22.9. The third-order valence-corrected chi connectivity index (χ3v) is 3.54. The van der Waals surface area contributed by atoms with E-state index in [0.29, 0.717) is 0 Å². The Hall–Kier alpha value is -1.36. The van der Waals surface area contributed by atoms with Gasteiger partial charge >= 0.3 is 0 Å². The highest BCUT2D eigenvalue weighted by Crippen LogP contribution is 2.27. The molecule has 96 valence electrons. The average molecular weight is 311 g/mol. The summed E-state index contributed by atoms with van der Waals surface area (Å²) >= 11 is 3.37. The minimum Gasteiger partial charge on any atom is -0.340 e. The summed E-state index contributed by atoms with van der Waals surface area (Å²) in [7, 11) is 0. The average Bonchev–Trinajstić information content (AvgIpc) is 2.27. The van der Waals surface area contributed by atoms with Crippen molar-refractivity contribution < 1.29 is 9.59 Å². The number of hydrogen-bond acceptors (Lipinski definition) is 2. The van der Waals surface area contributed by atoms with Gasteiger partial charge in [-0.1, -0.05) is 22.0 Å². The maximum absolute atomic E-state index is 12.4. The van der Waals surface area contributed by atoms with Crippen molar-refractivity contribution in [2.45, 2.75) is 32.4 Å². The zero-order chi connectivity index (χ0) is 13.5. The molecule has 1 saturated heterocycles. The zero-order valence-electron chi connectivity index (χ0n) is 10.5. The van der Waals surface area contributed by atoms with Gasteiger partial charge in [0, 0.05) is 10.2 Å². The largest absolute Gasteiger partial charge is 0.340 e. The van der Waals surface area contributed by atoms with E-state index in [2.05, 4.69) is 21.2 Å². The van der Waals surface area contributed by atoms with Crippen LogP contribution in [0.4, 0.5) is 5.69 Å². The fraction of sp³-hybridized carbons (Fsp3) is 0.385. The van der Waals surface area contributed by atoms with E-state index in [1.165, 1.54) is 0 Å². The molecule has 2 rings (SSSR count). The van der Waals surface area contributed by atoms with E-state index in [0.717, 1.165) is 10.2 Å². The van der Waals surface area contributed by atoms with E-state index >= 15 is 0 Å². The van der Waals surface area contributed by atoms with Gasteiger partial charge in [-0.05, 0) is 39.0 Å². The molecule has 1 N–H and O–H groups in total. The highest BCUT2D eigenvalue weighted by atomic mass is 79.9. The van der Waals surface area contributed by atoms with Crippen molar-refractivity contribution in [2.75, 3.05) is 4.90 Å². The number of halogens is 1. The Morgan fingerprint density at radius 3 is 2.61 bits per heavy atom. The minimum absolute atomic E-state index is 0.104. The Kier molecular flexibility index (Phi) is 3.19. The smallest absolute Gasteiger partial charge is 0.252 e. The van der Waals surface area contributed by atoms with Crippen LogP contribution in [0.5, 0.6) is 0 Å². The fourth-order valence-corrected chi connectivity index (χ4v) is 2.41. The van der Waals surface area contributed by atoms with Gasteiger partial charge in [-0.15, -0.1) is 0 Å². The quantitative estimate of drug-likeness (QED) is 0.863. The number of carbonyl (C=O) groups is 2. The molecule has 0 saturated carbocycles. The Morgan fingerprint density at radius 1 is 1.33 bits per heavy atom. The molecular weight excluding hydrogens is 296 g/mol. The van der Waals surface area contributed by atoms with Gasteiger partial charge in [-0.2, -0.15) is 0 Å². The molecule has 1 fully saturated rings. The first-order valence-electron chi connectivity index (χ1n) is 5.74. The second-order valence-corrected chi connectivity index (χ2v) is 5.86. The number of benzene rings is 1. The van der Waals surface area contributed by atoms with Crippen LogP contribution >= 0.6 is 15.9 Å². The van der Waals surface area contributed by atoms with E-state index in [1.54, 1.807) is 25.7 Å². The maximum Gasteiger partial charge on any atom is 0.252 e. The summed E-state index contributed by atoms with van der Waals surface area (Å²) in [5, 5.41) is 2.73.